The summed E-state index contributed by atoms with van der Waals surface area (Å²) in [5.74, 6) is 1.48. The van der Waals surface area contributed by atoms with Crippen molar-refractivity contribution >= 4 is 121 Å². The van der Waals surface area contributed by atoms with Gasteiger partial charge in [0.2, 0.25) is 11.8 Å². The average molecular weight is 1180 g/mol. The molecule has 18 rings (SSSR count). The molecule has 12 aromatic carbocycles. The maximum atomic E-state index is 6.71. The normalized spacial score (nSPS) is 14.7. The fraction of sp³-hybridized carbons (Fsp3) is 0.0488. The molecule has 8 heteroatoms. The summed E-state index contributed by atoms with van der Waals surface area (Å²) in [5, 5.41) is 6.70. The highest BCUT2D eigenvalue weighted by molar-refractivity contribution is 7.26. The van der Waals surface area contributed by atoms with Gasteiger partial charge < -0.3 is 23.1 Å². The third-order valence-corrected chi connectivity index (χ3v) is 19.4. The van der Waals surface area contributed by atoms with Gasteiger partial charge in [-0.1, -0.05) is 182 Å². The minimum Gasteiger partial charge on any atom is -0.456 e. The lowest BCUT2D eigenvalue weighted by Gasteiger charge is -2.36. The molecule has 16 aromatic rings. The molecule has 2 aliphatic rings. The van der Waals surface area contributed by atoms with Crippen LogP contribution in [-0.2, 0) is 6.42 Å². The number of anilines is 5. The highest BCUT2D eigenvalue weighted by atomic mass is 32.1. The number of hydrogen-bond acceptors (Lipinski definition) is 8. The van der Waals surface area contributed by atoms with Crippen molar-refractivity contribution in [1.82, 2.24) is 9.97 Å². The quantitative estimate of drug-likeness (QED) is 0.128. The highest BCUT2D eigenvalue weighted by Gasteiger charge is 2.29. The van der Waals surface area contributed by atoms with Gasteiger partial charge >= 0.3 is 0 Å². The van der Waals surface area contributed by atoms with Crippen molar-refractivity contribution in [3.63, 3.8) is 0 Å². The fourth-order valence-corrected chi connectivity index (χ4v) is 15.1. The Morgan fingerprint density at radius 1 is 0.422 bits per heavy atom. The van der Waals surface area contributed by atoms with E-state index in [1.165, 1.54) is 42.6 Å². The Kier molecular flexibility index (Phi) is 12.2. The summed E-state index contributed by atoms with van der Waals surface area (Å²) in [6, 6.07) is 90.9. The lowest BCUT2D eigenvalue weighted by molar-refractivity contribution is 0.619. The van der Waals surface area contributed by atoms with Crippen LogP contribution in [0.2, 0.25) is 0 Å². The summed E-state index contributed by atoms with van der Waals surface area (Å²) >= 11 is 1.85. The maximum absolute atomic E-state index is 6.71. The van der Waals surface area contributed by atoms with Gasteiger partial charge in [-0.25, -0.2) is 9.97 Å². The molecule has 4 aromatic heterocycles. The van der Waals surface area contributed by atoms with Crippen LogP contribution in [0, 0.1) is 0 Å². The van der Waals surface area contributed by atoms with Gasteiger partial charge in [0.25, 0.3) is 0 Å². The topological polar surface area (TPSA) is 71.7 Å². The largest absolute Gasteiger partial charge is 0.456 e. The van der Waals surface area contributed by atoms with E-state index in [2.05, 4.69) is 259 Å². The molecule has 0 saturated heterocycles. The third kappa shape index (κ3) is 8.78. The van der Waals surface area contributed by atoms with Crippen LogP contribution in [0.1, 0.15) is 29.0 Å². The minimum absolute atomic E-state index is 0.0254. The number of nitrogens with zero attached hydrogens (tertiary/aromatic N) is 4. The van der Waals surface area contributed by atoms with Gasteiger partial charge in [0.15, 0.2) is 11.2 Å². The Hall–Kier alpha value is -11.3. The van der Waals surface area contributed by atoms with Crippen molar-refractivity contribution < 1.29 is 13.3 Å². The molecule has 0 fully saturated rings. The molecule has 2 unspecified atom stereocenters. The summed E-state index contributed by atoms with van der Waals surface area (Å²) in [5.41, 5.74) is 20.6. The van der Waals surface area contributed by atoms with Crippen molar-refractivity contribution in [1.29, 1.82) is 0 Å². The van der Waals surface area contributed by atoms with Crippen molar-refractivity contribution in [3.8, 4) is 45.2 Å². The minimum atomic E-state index is 0.0254. The zero-order chi connectivity index (χ0) is 59.2. The second kappa shape index (κ2) is 21.2. The number of hydrogen-bond donors (Lipinski definition) is 0. The highest BCUT2D eigenvalue weighted by Crippen LogP contribution is 2.48. The van der Waals surface area contributed by atoms with Crippen LogP contribution < -0.4 is 9.80 Å². The standard InChI is InChI=1S/C82H54N4O3S/c1-4-18-51(19-5-1)62-26-10-13-31-71(62)85(60-38-44-74-69(49-60)67-28-12-15-33-73(67)87-74)58-36-41-65-56(47-58)35-43-76-79(65)84-82(89-76)57-25-16-24-54(46-57)66-29-17-30-68-70-50-61(39-45-77(70)90-80(66)68)86(72-32-14-11-27-63(72)52-20-6-2-7-21-52)59-37-40-64-55(48-59)34-42-75-78(64)83-81(88-75)53-22-8-3-9-23-53/h1-20,22-47,49-50,52,59H,21,48H2. The van der Waals surface area contributed by atoms with Gasteiger partial charge in [-0.15, -0.1) is 11.3 Å². The number of aromatic nitrogens is 2. The van der Waals surface area contributed by atoms with E-state index in [1.807, 2.05) is 53.8 Å². The SMILES string of the molecule is C1=CCC(c2ccccc2N(c2ccc3sc4c(-c5cccc(-c6nc7c(ccc8cc(N(c9ccc%10oc%11ccccc%11c%10c9)c9ccccc9-c9ccccc9)ccc87)o6)c5)cccc4c3c2)C2C=Cc3c(ccc4oc(-c5ccccc5)nc34)C2)C=C1. The monoisotopic (exact) mass is 1170 g/mol. The van der Waals surface area contributed by atoms with Gasteiger partial charge in [-0.05, 0) is 155 Å². The van der Waals surface area contributed by atoms with Gasteiger partial charge in [0.1, 0.15) is 22.2 Å². The predicted octanol–water partition coefficient (Wildman–Crippen LogP) is 22.9. The molecule has 426 valence electrons. The van der Waals surface area contributed by atoms with E-state index in [4.69, 9.17) is 23.2 Å². The molecule has 0 N–H and O–H groups in total. The summed E-state index contributed by atoms with van der Waals surface area (Å²) in [4.78, 5) is 15.3. The van der Waals surface area contributed by atoms with Crippen LogP contribution in [0.25, 0.3) is 126 Å². The van der Waals surface area contributed by atoms with E-state index in [9.17, 15) is 0 Å². The molecule has 0 bridgehead atoms. The number of rotatable bonds is 11. The molecule has 0 radical (unpaired) electrons. The Bertz CT molecular complexity index is 5610. The fourth-order valence-electron chi connectivity index (χ4n) is 13.9. The molecule has 4 heterocycles. The number of furan rings is 1. The maximum Gasteiger partial charge on any atom is 0.227 e. The van der Waals surface area contributed by atoms with Crippen molar-refractivity contribution in [3.05, 3.63) is 302 Å². The van der Waals surface area contributed by atoms with Crippen LogP contribution in [0.5, 0.6) is 0 Å². The number of oxazole rings is 2. The van der Waals surface area contributed by atoms with Gasteiger partial charge in [0.05, 0.1) is 11.7 Å². The number of benzene rings is 12. The number of para-hydroxylation sites is 3. The first-order valence-electron chi connectivity index (χ1n) is 30.7. The molecule has 0 amide bonds. The molecule has 0 aliphatic heterocycles. The zero-order valence-corrected chi connectivity index (χ0v) is 49.5. The second-order valence-corrected chi connectivity index (χ2v) is 24.5. The number of fused-ring (bicyclic) bond motifs is 12. The van der Waals surface area contributed by atoms with Crippen LogP contribution in [0.15, 0.2) is 298 Å². The van der Waals surface area contributed by atoms with E-state index >= 15 is 0 Å². The molecule has 90 heavy (non-hydrogen) atoms. The Labute approximate surface area is 522 Å². The molecule has 0 saturated carbocycles. The lowest BCUT2D eigenvalue weighted by Crippen LogP contribution is -2.33. The van der Waals surface area contributed by atoms with E-state index in [1.54, 1.807) is 0 Å². The van der Waals surface area contributed by atoms with E-state index in [-0.39, 0.29) is 12.0 Å². The molecule has 2 atom stereocenters. The van der Waals surface area contributed by atoms with Crippen molar-refractivity contribution in [2.45, 2.75) is 24.8 Å². The molecule has 7 nitrogen and oxygen atoms in total. The third-order valence-electron chi connectivity index (χ3n) is 18.2. The molecular weight excluding hydrogens is 1120 g/mol. The average Bonchev–Trinajstić information content (AvgIpc) is 2.05. The molecule has 2 aliphatic carbocycles. The summed E-state index contributed by atoms with van der Waals surface area (Å²) in [7, 11) is 0. The first-order valence-corrected chi connectivity index (χ1v) is 31.5. The number of thiophene rings is 1. The Morgan fingerprint density at radius 2 is 1.09 bits per heavy atom. The van der Waals surface area contributed by atoms with Crippen LogP contribution in [-0.4, -0.2) is 16.0 Å². The Morgan fingerprint density at radius 3 is 1.98 bits per heavy atom. The predicted molar refractivity (Wildman–Crippen MR) is 373 cm³/mol. The van der Waals surface area contributed by atoms with Crippen LogP contribution in [0.4, 0.5) is 28.4 Å². The van der Waals surface area contributed by atoms with E-state index in [0.717, 1.165) is 124 Å². The van der Waals surface area contributed by atoms with Gasteiger partial charge in [-0.2, -0.15) is 0 Å². The van der Waals surface area contributed by atoms with Crippen LogP contribution >= 0.6 is 11.3 Å². The van der Waals surface area contributed by atoms with Crippen molar-refractivity contribution in [2.75, 3.05) is 9.80 Å². The first kappa shape index (κ1) is 51.9. The summed E-state index contributed by atoms with van der Waals surface area (Å²) in [6.07, 6.45) is 15.4. The lowest BCUT2D eigenvalue weighted by atomic mass is 9.88. The zero-order valence-electron chi connectivity index (χ0n) is 48.7. The number of allylic oxidation sites excluding steroid dienone is 4. The summed E-state index contributed by atoms with van der Waals surface area (Å²) < 4.78 is 21.9. The summed E-state index contributed by atoms with van der Waals surface area (Å²) in [6.45, 7) is 0. The first-order chi connectivity index (χ1) is 44.6. The van der Waals surface area contributed by atoms with Gasteiger partial charge in [0, 0.05) is 87.3 Å². The smallest absolute Gasteiger partial charge is 0.227 e. The molecule has 0 spiro atoms. The molecular formula is C82H54N4O3S. The second-order valence-electron chi connectivity index (χ2n) is 23.5. The van der Waals surface area contributed by atoms with Crippen LogP contribution in [0.3, 0.4) is 0 Å². The van der Waals surface area contributed by atoms with Gasteiger partial charge in [-0.3, -0.25) is 0 Å². The van der Waals surface area contributed by atoms with E-state index < -0.39 is 0 Å². The van der Waals surface area contributed by atoms with Crippen molar-refractivity contribution in [2.24, 2.45) is 0 Å². The Balaban J connectivity index is 0.698. The van der Waals surface area contributed by atoms with E-state index in [0.29, 0.717) is 11.8 Å².